The van der Waals surface area contributed by atoms with Crippen molar-refractivity contribution in [3.63, 3.8) is 0 Å². The normalized spacial score (nSPS) is 26.3. The molecule has 0 aliphatic heterocycles. The monoisotopic (exact) mass is 187 g/mol. The zero-order valence-electron chi connectivity index (χ0n) is 8.46. The third-order valence-electron chi connectivity index (χ3n) is 2.47. The van der Waals surface area contributed by atoms with Crippen molar-refractivity contribution in [1.29, 1.82) is 0 Å². The van der Waals surface area contributed by atoms with Crippen LogP contribution in [0.5, 0.6) is 0 Å². The van der Waals surface area contributed by atoms with E-state index in [0.29, 0.717) is 6.61 Å². The van der Waals surface area contributed by atoms with Crippen molar-refractivity contribution < 1.29 is 9.84 Å². The van der Waals surface area contributed by atoms with Crippen LogP contribution in [0.1, 0.15) is 26.2 Å². The minimum Gasteiger partial charge on any atom is -0.394 e. The Morgan fingerprint density at radius 2 is 2.31 bits per heavy atom. The van der Waals surface area contributed by atoms with Crippen LogP contribution in [0.25, 0.3) is 0 Å². The molecule has 1 aliphatic carbocycles. The quantitative estimate of drug-likeness (QED) is 0.552. The first-order valence-corrected chi connectivity index (χ1v) is 5.30. The van der Waals surface area contributed by atoms with Crippen LogP contribution >= 0.6 is 0 Å². The van der Waals surface area contributed by atoms with Crippen molar-refractivity contribution in [2.45, 2.75) is 32.2 Å². The first kappa shape index (κ1) is 11.0. The molecule has 0 saturated heterocycles. The van der Waals surface area contributed by atoms with Gasteiger partial charge in [0, 0.05) is 12.6 Å². The minimum absolute atomic E-state index is 0.127. The molecular weight excluding hydrogens is 166 g/mol. The third kappa shape index (κ3) is 4.60. The van der Waals surface area contributed by atoms with Crippen molar-refractivity contribution in [3.05, 3.63) is 0 Å². The lowest BCUT2D eigenvalue weighted by Gasteiger charge is -2.04. The SMILES string of the molecule is CCCC1CC1NCCOCCO. The molecule has 2 unspecified atom stereocenters. The molecule has 0 heterocycles. The van der Waals surface area contributed by atoms with Crippen molar-refractivity contribution in [1.82, 2.24) is 5.32 Å². The number of hydrogen-bond donors (Lipinski definition) is 2. The van der Waals surface area contributed by atoms with E-state index in [1.165, 1.54) is 19.3 Å². The molecule has 0 aromatic carbocycles. The second-order valence-corrected chi connectivity index (χ2v) is 3.68. The van der Waals surface area contributed by atoms with E-state index in [-0.39, 0.29) is 6.61 Å². The van der Waals surface area contributed by atoms with E-state index in [1.54, 1.807) is 0 Å². The molecule has 0 aromatic heterocycles. The predicted octanol–water partition coefficient (Wildman–Crippen LogP) is 0.774. The molecule has 1 fully saturated rings. The number of ether oxygens (including phenoxy) is 1. The van der Waals surface area contributed by atoms with Gasteiger partial charge in [0.1, 0.15) is 0 Å². The molecule has 3 heteroatoms. The molecule has 1 rings (SSSR count). The van der Waals surface area contributed by atoms with Gasteiger partial charge in [0.2, 0.25) is 0 Å². The topological polar surface area (TPSA) is 41.5 Å². The fourth-order valence-corrected chi connectivity index (χ4v) is 1.67. The van der Waals surface area contributed by atoms with E-state index in [1.807, 2.05) is 0 Å². The molecule has 78 valence electrons. The maximum Gasteiger partial charge on any atom is 0.0698 e. The van der Waals surface area contributed by atoms with Crippen molar-refractivity contribution in [2.75, 3.05) is 26.4 Å². The third-order valence-corrected chi connectivity index (χ3v) is 2.47. The Labute approximate surface area is 80.5 Å². The highest BCUT2D eigenvalue weighted by atomic mass is 16.5. The molecule has 0 aromatic rings. The summed E-state index contributed by atoms with van der Waals surface area (Å²) in [5, 5.41) is 11.9. The summed E-state index contributed by atoms with van der Waals surface area (Å²) in [6.45, 7) is 4.47. The highest BCUT2D eigenvalue weighted by Gasteiger charge is 2.34. The van der Waals surface area contributed by atoms with Crippen LogP contribution in [0.2, 0.25) is 0 Å². The van der Waals surface area contributed by atoms with Gasteiger partial charge in [-0.1, -0.05) is 13.3 Å². The van der Waals surface area contributed by atoms with Crippen LogP contribution in [0.3, 0.4) is 0 Å². The summed E-state index contributed by atoms with van der Waals surface area (Å²) < 4.78 is 5.14. The van der Waals surface area contributed by atoms with E-state index in [4.69, 9.17) is 9.84 Å². The Kier molecular flexibility index (Phi) is 5.35. The largest absolute Gasteiger partial charge is 0.394 e. The van der Waals surface area contributed by atoms with Crippen LogP contribution in [0.4, 0.5) is 0 Å². The summed E-state index contributed by atoms with van der Waals surface area (Å²) in [5.41, 5.74) is 0. The zero-order valence-corrected chi connectivity index (χ0v) is 8.46. The summed E-state index contributed by atoms with van der Waals surface area (Å²) in [6.07, 6.45) is 3.99. The summed E-state index contributed by atoms with van der Waals surface area (Å²) in [7, 11) is 0. The maximum absolute atomic E-state index is 8.45. The van der Waals surface area contributed by atoms with Crippen LogP contribution in [-0.2, 0) is 4.74 Å². The van der Waals surface area contributed by atoms with Crippen molar-refractivity contribution in [3.8, 4) is 0 Å². The smallest absolute Gasteiger partial charge is 0.0698 e. The second kappa shape index (κ2) is 6.35. The van der Waals surface area contributed by atoms with Gasteiger partial charge in [-0.2, -0.15) is 0 Å². The Morgan fingerprint density at radius 1 is 1.46 bits per heavy atom. The lowest BCUT2D eigenvalue weighted by atomic mass is 10.2. The lowest BCUT2D eigenvalue weighted by molar-refractivity contribution is 0.0936. The van der Waals surface area contributed by atoms with Crippen molar-refractivity contribution >= 4 is 0 Å². The number of aliphatic hydroxyl groups excluding tert-OH is 1. The van der Waals surface area contributed by atoms with E-state index in [0.717, 1.165) is 25.1 Å². The van der Waals surface area contributed by atoms with E-state index < -0.39 is 0 Å². The van der Waals surface area contributed by atoms with Crippen LogP contribution in [0.15, 0.2) is 0 Å². The first-order chi connectivity index (χ1) is 6.38. The second-order valence-electron chi connectivity index (χ2n) is 3.68. The summed E-state index contributed by atoms with van der Waals surface area (Å²) in [6, 6.07) is 0.748. The Balaban J connectivity index is 1.80. The van der Waals surface area contributed by atoms with Crippen LogP contribution in [0, 0.1) is 5.92 Å². The highest BCUT2D eigenvalue weighted by molar-refractivity contribution is 4.92. The molecule has 0 bridgehead atoms. The summed E-state index contributed by atoms with van der Waals surface area (Å²) >= 11 is 0. The first-order valence-electron chi connectivity index (χ1n) is 5.30. The van der Waals surface area contributed by atoms with E-state index in [2.05, 4.69) is 12.2 Å². The standard InChI is InChI=1S/C10H21NO2/c1-2-3-9-8-10(9)11-4-6-13-7-5-12/h9-12H,2-8H2,1H3. The summed E-state index contributed by atoms with van der Waals surface area (Å²) in [5.74, 6) is 0.919. The average Bonchev–Trinajstić information content (AvgIpc) is 2.84. The molecule has 3 nitrogen and oxygen atoms in total. The number of rotatable bonds is 8. The van der Waals surface area contributed by atoms with E-state index in [9.17, 15) is 0 Å². The minimum atomic E-state index is 0.127. The maximum atomic E-state index is 8.45. The molecule has 0 spiro atoms. The molecule has 1 aliphatic rings. The number of aliphatic hydroxyl groups is 1. The molecular formula is C10H21NO2. The highest BCUT2D eigenvalue weighted by Crippen LogP contribution is 2.34. The number of nitrogens with one attached hydrogen (secondary N) is 1. The van der Waals surface area contributed by atoms with Gasteiger partial charge in [0.25, 0.3) is 0 Å². The lowest BCUT2D eigenvalue weighted by Crippen LogP contribution is -2.23. The molecule has 1 saturated carbocycles. The summed E-state index contributed by atoms with van der Waals surface area (Å²) in [4.78, 5) is 0. The van der Waals surface area contributed by atoms with Gasteiger partial charge in [-0.3, -0.25) is 0 Å². The van der Waals surface area contributed by atoms with Gasteiger partial charge >= 0.3 is 0 Å². The molecule has 0 radical (unpaired) electrons. The average molecular weight is 187 g/mol. The fraction of sp³-hybridized carbons (Fsp3) is 1.00. The van der Waals surface area contributed by atoms with Crippen LogP contribution < -0.4 is 5.32 Å². The Bertz CT molecular complexity index is 130. The molecule has 0 amide bonds. The van der Waals surface area contributed by atoms with Crippen molar-refractivity contribution in [2.24, 2.45) is 5.92 Å². The van der Waals surface area contributed by atoms with E-state index >= 15 is 0 Å². The van der Waals surface area contributed by atoms with Gasteiger partial charge in [-0.15, -0.1) is 0 Å². The van der Waals surface area contributed by atoms with Gasteiger partial charge in [-0.25, -0.2) is 0 Å². The number of hydrogen-bond acceptors (Lipinski definition) is 3. The Morgan fingerprint density at radius 3 is 3.00 bits per heavy atom. The molecule has 2 atom stereocenters. The van der Waals surface area contributed by atoms with Gasteiger partial charge in [0.05, 0.1) is 19.8 Å². The zero-order chi connectivity index (χ0) is 9.52. The fourth-order valence-electron chi connectivity index (χ4n) is 1.67. The van der Waals surface area contributed by atoms with Gasteiger partial charge in [-0.05, 0) is 18.8 Å². The molecule has 2 N–H and O–H groups in total. The van der Waals surface area contributed by atoms with Gasteiger partial charge < -0.3 is 15.2 Å². The molecule has 13 heavy (non-hydrogen) atoms. The van der Waals surface area contributed by atoms with Crippen LogP contribution in [-0.4, -0.2) is 37.5 Å². The Hall–Kier alpha value is -0.120. The predicted molar refractivity (Wildman–Crippen MR) is 52.7 cm³/mol. The van der Waals surface area contributed by atoms with Gasteiger partial charge in [0.15, 0.2) is 0 Å².